The molecule has 0 unspecified atom stereocenters. The minimum atomic E-state index is -0.431. The van der Waals surface area contributed by atoms with Crippen LogP contribution in [-0.4, -0.2) is 44.0 Å². The van der Waals surface area contributed by atoms with Crippen molar-refractivity contribution in [1.82, 2.24) is 19.5 Å². The first-order valence-electron chi connectivity index (χ1n) is 6.94. The van der Waals surface area contributed by atoms with Crippen LogP contribution in [0.1, 0.15) is 21.7 Å². The lowest BCUT2D eigenvalue weighted by molar-refractivity contribution is -0.386. The third-order valence-corrected chi connectivity index (χ3v) is 6.11. The molecule has 2 rings (SSSR count). The predicted octanol–water partition coefficient (Wildman–Crippen LogP) is 2.74. The molecule has 0 saturated heterocycles. The lowest BCUT2D eigenvalue weighted by Crippen LogP contribution is -2.28. The minimum Gasteiger partial charge on any atom is -0.350 e. The van der Waals surface area contributed by atoms with Gasteiger partial charge in [-0.25, -0.2) is 0 Å². The predicted molar refractivity (Wildman–Crippen MR) is 96.4 cm³/mol. The molecule has 0 fully saturated rings. The first kappa shape index (κ1) is 18.7. The number of amides is 1. The summed E-state index contributed by atoms with van der Waals surface area (Å²) >= 11 is 4.23. The molecule has 2 aromatic rings. The standard InChI is InChI=1S/C13H17N5O3S3/c1-7-10(18(20)21)8(2)17(15-7)6-5-14-11(19)9-12(22-3)16-24-13(9)23-4/h5-6H2,1-4H3,(H,14,19). The third-order valence-electron chi connectivity index (χ3n) is 3.37. The molecular formula is C13H17N5O3S3. The zero-order valence-electron chi connectivity index (χ0n) is 13.7. The van der Waals surface area contributed by atoms with Crippen molar-refractivity contribution in [1.29, 1.82) is 0 Å². The summed E-state index contributed by atoms with van der Waals surface area (Å²) in [7, 11) is 0. The molecule has 0 aromatic carbocycles. The van der Waals surface area contributed by atoms with E-state index in [9.17, 15) is 14.9 Å². The number of nitrogens with zero attached hydrogens (tertiary/aromatic N) is 4. The minimum absolute atomic E-state index is 0.0256. The van der Waals surface area contributed by atoms with E-state index in [1.165, 1.54) is 35.1 Å². The van der Waals surface area contributed by atoms with Crippen LogP contribution in [-0.2, 0) is 6.54 Å². The van der Waals surface area contributed by atoms with Gasteiger partial charge in [-0.2, -0.15) is 9.47 Å². The van der Waals surface area contributed by atoms with Gasteiger partial charge in [-0.3, -0.25) is 19.6 Å². The number of aryl methyl sites for hydroxylation is 1. The van der Waals surface area contributed by atoms with Gasteiger partial charge in [0.05, 0.1) is 21.2 Å². The molecule has 0 aliphatic heterocycles. The maximum Gasteiger partial charge on any atom is 0.312 e. The van der Waals surface area contributed by atoms with Gasteiger partial charge in [0.1, 0.15) is 16.4 Å². The highest BCUT2D eigenvalue weighted by Gasteiger charge is 2.22. The van der Waals surface area contributed by atoms with Gasteiger partial charge >= 0.3 is 5.69 Å². The summed E-state index contributed by atoms with van der Waals surface area (Å²) in [6.45, 7) is 3.95. The van der Waals surface area contributed by atoms with Gasteiger partial charge in [-0.1, -0.05) is 0 Å². The van der Waals surface area contributed by atoms with Crippen molar-refractivity contribution in [2.24, 2.45) is 0 Å². The first-order valence-corrected chi connectivity index (χ1v) is 10.2. The molecule has 0 spiro atoms. The molecular weight excluding hydrogens is 370 g/mol. The van der Waals surface area contributed by atoms with E-state index in [2.05, 4.69) is 14.8 Å². The topological polar surface area (TPSA) is 103 Å². The van der Waals surface area contributed by atoms with E-state index < -0.39 is 4.92 Å². The van der Waals surface area contributed by atoms with Gasteiger partial charge in [0.2, 0.25) is 0 Å². The highest BCUT2D eigenvalue weighted by molar-refractivity contribution is 8.01. The van der Waals surface area contributed by atoms with Crippen molar-refractivity contribution in [2.75, 3.05) is 19.1 Å². The Balaban J connectivity index is 2.05. The van der Waals surface area contributed by atoms with E-state index in [4.69, 9.17) is 0 Å². The van der Waals surface area contributed by atoms with Crippen molar-refractivity contribution in [3.05, 3.63) is 27.1 Å². The van der Waals surface area contributed by atoms with Crippen LogP contribution in [0.3, 0.4) is 0 Å². The Morgan fingerprint density at radius 3 is 2.62 bits per heavy atom. The highest BCUT2D eigenvalue weighted by atomic mass is 32.2. The monoisotopic (exact) mass is 387 g/mol. The Labute approximate surface area is 151 Å². The molecule has 130 valence electrons. The molecule has 1 amide bonds. The van der Waals surface area contributed by atoms with Gasteiger partial charge in [-0.15, -0.1) is 23.5 Å². The summed E-state index contributed by atoms with van der Waals surface area (Å²) in [5.41, 5.74) is 1.48. The molecule has 1 N–H and O–H groups in total. The van der Waals surface area contributed by atoms with Crippen LogP contribution in [0.4, 0.5) is 5.69 Å². The number of carbonyl (C=O) groups excluding carboxylic acids is 1. The summed E-state index contributed by atoms with van der Waals surface area (Å²) < 4.78 is 6.69. The largest absolute Gasteiger partial charge is 0.350 e. The van der Waals surface area contributed by atoms with E-state index >= 15 is 0 Å². The van der Waals surface area contributed by atoms with Gasteiger partial charge in [0.25, 0.3) is 5.91 Å². The third kappa shape index (κ3) is 3.73. The highest BCUT2D eigenvalue weighted by Crippen LogP contribution is 2.32. The maximum atomic E-state index is 12.4. The van der Waals surface area contributed by atoms with Crippen molar-refractivity contribution < 1.29 is 9.72 Å². The van der Waals surface area contributed by atoms with Gasteiger partial charge in [0.15, 0.2) is 0 Å². The average Bonchev–Trinajstić information content (AvgIpc) is 3.07. The molecule has 2 aromatic heterocycles. The Morgan fingerprint density at radius 1 is 1.38 bits per heavy atom. The number of aromatic nitrogens is 3. The van der Waals surface area contributed by atoms with Crippen molar-refractivity contribution in [3.63, 3.8) is 0 Å². The normalized spacial score (nSPS) is 10.8. The maximum absolute atomic E-state index is 12.4. The number of nitro groups is 1. The second kappa shape index (κ2) is 7.99. The van der Waals surface area contributed by atoms with E-state index in [0.29, 0.717) is 35.1 Å². The van der Waals surface area contributed by atoms with Gasteiger partial charge < -0.3 is 5.32 Å². The van der Waals surface area contributed by atoms with Crippen LogP contribution in [0.25, 0.3) is 0 Å². The lowest BCUT2D eigenvalue weighted by atomic mass is 10.3. The summed E-state index contributed by atoms with van der Waals surface area (Å²) in [6, 6.07) is 0. The Morgan fingerprint density at radius 2 is 2.08 bits per heavy atom. The van der Waals surface area contributed by atoms with Crippen LogP contribution < -0.4 is 5.32 Å². The van der Waals surface area contributed by atoms with E-state index in [1.54, 1.807) is 18.5 Å². The van der Waals surface area contributed by atoms with Crippen LogP contribution >= 0.6 is 35.1 Å². The number of carbonyl (C=O) groups is 1. The summed E-state index contributed by atoms with van der Waals surface area (Å²) in [4.78, 5) is 23.0. The first-order chi connectivity index (χ1) is 11.4. The molecule has 0 atom stereocenters. The van der Waals surface area contributed by atoms with Crippen molar-refractivity contribution >= 4 is 46.7 Å². The van der Waals surface area contributed by atoms with E-state index in [1.807, 2.05) is 12.5 Å². The summed E-state index contributed by atoms with van der Waals surface area (Å²) in [6.07, 6.45) is 3.79. The van der Waals surface area contributed by atoms with E-state index in [-0.39, 0.29) is 11.6 Å². The molecule has 0 radical (unpaired) electrons. The van der Waals surface area contributed by atoms with Crippen molar-refractivity contribution in [3.8, 4) is 0 Å². The number of hydrogen-bond donors (Lipinski definition) is 1. The average molecular weight is 388 g/mol. The SMILES string of the molecule is CSc1nsc(SC)c1C(=O)NCCn1nc(C)c([N+](=O)[O-])c1C. The van der Waals surface area contributed by atoms with Crippen LogP contribution in [0.2, 0.25) is 0 Å². The number of rotatable bonds is 7. The van der Waals surface area contributed by atoms with Crippen LogP contribution in [0.15, 0.2) is 9.24 Å². The lowest BCUT2D eigenvalue weighted by Gasteiger charge is -2.07. The fraction of sp³-hybridized carbons (Fsp3) is 0.462. The van der Waals surface area contributed by atoms with Crippen molar-refractivity contribution in [2.45, 2.75) is 29.6 Å². The molecule has 2 heterocycles. The van der Waals surface area contributed by atoms with Crippen LogP contribution in [0, 0.1) is 24.0 Å². The zero-order valence-corrected chi connectivity index (χ0v) is 16.1. The number of nitrogens with one attached hydrogen (secondary N) is 1. The number of hydrogen-bond acceptors (Lipinski definition) is 8. The quantitative estimate of drug-likeness (QED) is 0.442. The van der Waals surface area contributed by atoms with Gasteiger partial charge in [0, 0.05) is 6.54 Å². The van der Waals surface area contributed by atoms with Crippen LogP contribution in [0.5, 0.6) is 0 Å². The van der Waals surface area contributed by atoms with Gasteiger partial charge in [-0.05, 0) is 37.9 Å². The smallest absolute Gasteiger partial charge is 0.312 e. The fourth-order valence-electron chi connectivity index (χ4n) is 2.26. The fourth-order valence-corrected chi connectivity index (χ4v) is 4.54. The zero-order chi connectivity index (χ0) is 17.9. The molecule has 0 aliphatic carbocycles. The summed E-state index contributed by atoms with van der Waals surface area (Å²) in [5, 5.41) is 18.7. The Hall–Kier alpha value is -1.59. The molecule has 11 heteroatoms. The molecule has 0 aliphatic rings. The van der Waals surface area contributed by atoms with E-state index in [0.717, 1.165) is 4.21 Å². The molecule has 0 saturated carbocycles. The molecule has 0 bridgehead atoms. The number of thioether (sulfide) groups is 2. The molecule has 24 heavy (non-hydrogen) atoms. The Kier molecular flexibility index (Phi) is 6.24. The second-order valence-electron chi connectivity index (χ2n) is 4.81. The molecule has 8 nitrogen and oxygen atoms in total. The second-order valence-corrected chi connectivity index (χ2v) is 7.46. The summed E-state index contributed by atoms with van der Waals surface area (Å²) in [5.74, 6) is -0.187. The Bertz CT molecular complexity index is 750.